The lowest BCUT2D eigenvalue weighted by Crippen LogP contribution is -2.25. The van der Waals surface area contributed by atoms with Crippen LogP contribution < -0.4 is 14.5 Å². The first-order chi connectivity index (χ1) is 27.0. The van der Waals surface area contributed by atoms with Gasteiger partial charge in [0.1, 0.15) is 24.0 Å². The topological polar surface area (TPSA) is 33.5 Å². The van der Waals surface area contributed by atoms with Crippen LogP contribution in [0.25, 0.3) is 47.8 Å². The molecule has 0 bridgehead atoms. The molecule has 0 saturated carbocycles. The van der Waals surface area contributed by atoms with Crippen molar-refractivity contribution in [2.75, 3.05) is 16.5 Å². The first-order valence-electron chi connectivity index (χ1n) is 19.4. The fourth-order valence-corrected chi connectivity index (χ4v) is 9.33. The lowest BCUT2D eigenvalue weighted by molar-refractivity contribution is 0.483. The molecule has 3 aromatic heterocycles. The molecule has 0 unspecified atom stereocenters. The van der Waals surface area contributed by atoms with Crippen LogP contribution in [0.15, 0.2) is 146 Å². The zero-order chi connectivity index (χ0) is 38.3. The summed E-state index contributed by atoms with van der Waals surface area (Å²) in [6, 6.07) is 50.1. The molecule has 56 heavy (non-hydrogen) atoms. The molecule has 6 heteroatoms. The van der Waals surface area contributed by atoms with E-state index in [1.54, 1.807) is 0 Å². The minimum atomic E-state index is 0.0279. The van der Waals surface area contributed by atoms with Crippen LogP contribution in [-0.2, 0) is 10.8 Å². The second-order valence-corrected chi connectivity index (χ2v) is 18.1. The molecule has 1 aliphatic rings. The molecular weight excluding hydrogens is 705 g/mol. The average molecular weight is 749 g/mol. The zero-order valence-electron chi connectivity index (χ0n) is 32.7. The molecule has 0 fully saturated rings. The van der Waals surface area contributed by atoms with Gasteiger partial charge in [-0.05, 0) is 94.8 Å². The second kappa shape index (κ2) is 12.7. The molecule has 0 aliphatic carbocycles. The lowest BCUT2D eigenvalue weighted by atomic mass is 9.80. The number of aromatic nitrogens is 2. The van der Waals surface area contributed by atoms with Crippen LogP contribution >= 0.6 is 11.3 Å². The quantitative estimate of drug-likeness (QED) is 0.175. The summed E-state index contributed by atoms with van der Waals surface area (Å²) in [4.78, 5) is 9.70. The van der Waals surface area contributed by atoms with Gasteiger partial charge in [-0.25, -0.2) is 4.98 Å². The standard InChI is InChI=1S/C50H44N4OS/c1-49(2,3)32-26-33(50(4,5)6)28-35(27-32)53-31-52(41-17-8-9-18-42(41)53)34-14-13-15-36(29-34)55-37-21-22-38-39-23-24-45-47(40-16-7-10-19-44(40)56-45)48(39)54(43(38)30-37)46-20-11-12-25-51-46/h7-30H,31H2,1-6H3. The molecule has 276 valence electrons. The van der Waals surface area contributed by atoms with E-state index in [-0.39, 0.29) is 10.8 Å². The highest BCUT2D eigenvalue weighted by atomic mass is 32.1. The highest BCUT2D eigenvalue weighted by Gasteiger charge is 2.30. The molecule has 5 nitrogen and oxygen atoms in total. The molecule has 6 aromatic carbocycles. The van der Waals surface area contributed by atoms with Gasteiger partial charge in [-0.3, -0.25) is 4.57 Å². The monoisotopic (exact) mass is 748 g/mol. The van der Waals surface area contributed by atoms with E-state index in [1.807, 2.05) is 29.7 Å². The molecule has 0 N–H and O–H groups in total. The number of nitrogens with zero attached hydrogens (tertiary/aromatic N) is 4. The Balaban J connectivity index is 1.04. The molecule has 10 rings (SSSR count). The number of pyridine rings is 1. The van der Waals surface area contributed by atoms with E-state index in [0.29, 0.717) is 6.67 Å². The van der Waals surface area contributed by atoms with Crippen LogP contribution in [0.1, 0.15) is 52.7 Å². The largest absolute Gasteiger partial charge is 0.457 e. The summed E-state index contributed by atoms with van der Waals surface area (Å²) >= 11 is 1.84. The summed E-state index contributed by atoms with van der Waals surface area (Å²) in [5.74, 6) is 2.45. The Kier molecular flexibility index (Phi) is 7.81. The van der Waals surface area contributed by atoms with E-state index < -0.39 is 0 Å². The Labute approximate surface area is 332 Å². The van der Waals surface area contributed by atoms with E-state index in [9.17, 15) is 0 Å². The van der Waals surface area contributed by atoms with Gasteiger partial charge in [0.25, 0.3) is 0 Å². The van der Waals surface area contributed by atoms with Crippen LogP contribution in [0.4, 0.5) is 22.7 Å². The summed E-state index contributed by atoms with van der Waals surface area (Å²) in [6.45, 7) is 14.5. The molecule has 1 aliphatic heterocycles. The third kappa shape index (κ3) is 5.70. The molecule has 9 aromatic rings. The van der Waals surface area contributed by atoms with Crippen molar-refractivity contribution in [3.05, 3.63) is 157 Å². The van der Waals surface area contributed by atoms with Gasteiger partial charge >= 0.3 is 0 Å². The fraction of sp³-hybridized carbons (Fsp3) is 0.180. The first kappa shape index (κ1) is 34.4. The van der Waals surface area contributed by atoms with Crippen molar-refractivity contribution in [2.24, 2.45) is 0 Å². The van der Waals surface area contributed by atoms with Gasteiger partial charge in [0.15, 0.2) is 0 Å². The summed E-state index contributed by atoms with van der Waals surface area (Å²) in [7, 11) is 0. The molecular formula is C50H44N4OS. The maximum absolute atomic E-state index is 6.75. The number of para-hydroxylation sites is 2. The third-order valence-electron chi connectivity index (χ3n) is 11.2. The molecule has 0 amide bonds. The predicted molar refractivity (Wildman–Crippen MR) is 237 cm³/mol. The number of anilines is 4. The van der Waals surface area contributed by atoms with Crippen LogP contribution in [0.2, 0.25) is 0 Å². The van der Waals surface area contributed by atoms with Crippen LogP contribution in [0.3, 0.4) is 0 Å². The van der Waals surface area contributed by atoms with Crippen molar-refractivity contribution >= 4 is 76.1 Å². The lowest BCUT2D eigenvalue weighted by Gasteiger charge is -2.29. The van der Waals surface area contributed by atoms with Crippen molar-refractivity contribution in [3.8, 4) is 17.3 Å². The normalized spacial score (nSPS) is 13.4. The van der Waals surface area contributed by atoms with E-state index in [0.717, 1.165) is 28.5 Å². The Hall–Kier alpha value is -6.11. The van der Waals surface area contributed by atoms with Crippen molar-refractivity contribution in [1.82, 2.24) is 9.55 Å². The van der Waals surface area contributed by atoms with Crippen molar-refractivity contribution in [3.63, 3.8) is 0 Å². The highest BCUT2D eigenvalue weighted by molar-refractivity contribution is 7.26. The molecule has 0 saturated heterocycles. The summed E-state index contributed by atoms with van der Waals surface area (Å²) in [6.07, 6.45) is 1.87. The first-order valence-corrected chi connectivity index (χ1v) is 20.2. The number of thiophene rings is 1. The van der Waals surface area contributed by atoms with Gasteiger partial charge in [0, 0.05) is 60.6 Å². The summed E-state index contributed by atoms with van der Waals surface area (Å²) in [5.41, 5.74) is 9.66. The van der Waals surface area contributed by atoms with Crippen LogP contribution in [0.5, 0.6) is 11.5 Å². The number of ether oxygens (including phenoxy) is 1. The fourth-order valence-electron chi connectivity index (χ4n) is 8.22. The predicted octanol–water partition coefficient (Wildman–Crippen LogP) is 14.2. The molecule has 0 spiro atoms. The Morgan fingerprint density at radius 3 is 1.96 bits per heavy atom. The van der Waals surface area contributed by atoms with Gasteiger partial charge in [0.2, 0.25) is 0 Å². The summed E-state index contributed by atoms with van der Waals surface area (Å²) in [5, 5.41) is 4.91. The number of hydrogen-bond acceptors (Lipinski definition) is 5. The van der Waals surface area contributed by atoms with Gasteiger partial charge in [-0.1, -0.05) is 96.1 Å². The maximum Gasteiger partial charge on any atom is 0.137 e. The van der Waals surface area contributed by atoms with Crippen LogP contribution in [0, 0.1) is 0 Å². The van der Waals surface area contributed by atoms with E-state index in [2.05, 4.69) is 183 Å². The maximum atomic E-state index is 6.75. The zero-order valence-corrected chi connectivity index (χ0v) is 33.5. The smallest absolute Gasteiger partial charge is 0.137 e. The van der Waals surface area contributed by atoms with E-state index in [4.69, 9.17) is 9.72 Å². The van der Waals surface area contributed by atoms with E-state index in [1.165, 1.54) is 64.7 Å². The Bertz CT molecular complexity index is 2930. The van der Waals surface area contributed by atoms with E-state index >= 15 is 0 Å². The minimum Gasteiger partial charge on any atom is -0.457 e. The second-order valence-electron chi connectivity index (χ2n) is 17.0. The number of hydrogen-bond donors (Lipinski definition) is 0. The van der Waals surface area contributed by atoms with Gasteiger partial charge in [0.05, 0.1) is 22.4 Å². The molecule has 0 radical (unpaired) electrons. The summed E-state index contributed by atoms with van der Waals surface area (Å²) < 4.78 is 11.6. The highest BCUT2D eigenvalue weighted by Crippen LogP contribution is 2.47. The van der Waals surface area contributed by atoms with Gasteiger partial charge in [-0.15, -0.1) is 11.3 Å². The van der Waals surface area contributed by atoms with Crippen molar-refractivity contribution in [2.45, 2.75) is 52.4 Å². The number of fused-ring (bicyclic) bond motifs is 8. The molecule has 4 heterocycles. The number of benzene rings is 6. The van der Waals surface area contributed by atoms with Crippen LogP contribution in [-0.4, -0.2) is 16.2 Å². The average Bonchev–Trinajstić information content (AvgIpc) is 3.87. The SMILES string of the molecule is CC(C)(C)c1cc(N2CN(c3cccc(Oc4ccc5c6ccc7sc8ccccc8c7c6n(-c6ccccn6)c5c4)c3)c3ccccc32)cc(C(C)(C)C)c1. The van der Waals surface area contributed by atoms with Gasteiger partial charge < -0.3 is 14.5 Å². The Morgan fingerprint density at radius 1 is 0.554 bits per heavy atom. The Morgan fingerprint density at radius 2 is 1.23 bits per heavy atom. The van der Waals surface area contributed by atoms with Crippen molar-refractivity contribution < 1.29 is 4.74 Å². The number of rotatable bonds is 5. The van der Waals surface area contributed by atoms with Crippen molar-refractivity contribution in [1.29, 1.82) is 0 Å². The third-order valence-corrected chi connectivity index (χ3v) is 12.3. The van der Waals surface area contributed by atoms with Gasteiger partial charge in [-0.2, -0.15) is 0 Å². The minimum absolute atomic E-state index is 0.0279. The molecule has 0 atom stereocenters.